The molecule has 0 saturated carbocycles. The molecule has 5 heteroatoms. The lowest BCUT2D eigenvalue weighted by Gasteiger charge is -2.28. The maximum atomic E-state index is 8.83. The number of nitrogen functional groups attached to an aromatic ring is 1. The zero-order chi connectivity index (χ0) is 14.7. The Hall–Kier alpha value is -2.58. The molecule has 0 atom stereocenters. The van der Waals surface area contributed by atoms with Gasteiger partial charge in [0.2, 0.25) is 0 Å². The first-order chi connectivity index (χ1) is 10.3. The van der Waals surface area contributed by atoms with Gasteiger partial charge in [-0.2, -0.15) is 5.26 Å². The highest BCUT2D eigenvalue weighted by atomic mass is 16.5. The molecule has 3 rings (SSSR count). The number of ether oxygens (including phenoxy) is 1. The highest BCUT2D eigenvalue weighted by Crippen LogP contribution is 2.27. The second kappa shape index (κ2) is 5.81. The maximum Gasteiger partial charge on any atom is 0.0991 e. The summed E-state index contributed by atoms with van der Waals surface area (Å²) in [4.78, 5) is 6.71. The Balaban J connectivity index is 1.88. The molecular formula is C16H16N4O. The summed E-state index contributed by atoms with van der Waals surface area (Å²) >= 11 is 0. The van der Waals surface area contributed by atoms with Crippen molar-refractivity contribution in [3.63, 3.8) is 0 Å². The van der Waals surface area contributed by atoms with Gasteiger partial charge in [-0.1, -0.05) is 12.1 Å². The summed E-state index contributed by atoms with van der Waals surface area (Å²) in [6, 6.07) is 11.3. The van der Waals surface area contributed by atoms with Crippen LogP contribution in [0.25, 0.3) is 11.3 Å². The number of nitriles is 1. The molecular weight excluding hydrogens is 264 g/mol. The van der Waals surface area contributed by atoms with Gasteiger partial charge < -0.3 is 15.4 Å². The van der Waals surface area contributed by atoms with Crippen LogP contribution in [0.2, 0.25) is 0 Å². The fourth-order valence-electron chi connectivity index (χ4n) is 2.41. The highest BCUT2D eigenvalue weighted by Gasteiger charge is 2.13. The zero-order valence-electron chi connectivity index (χ0n) is 11.6. The molecule has 0 aliphatic carbocycles. The van der Waals surface area contributed by atoms with Crippen molar-refractivity contribution in [1.29, 1.82) is 5.26 Å². The number of anilines is 2. The van der Waals surface area contributed by atoms with Crippen molar-refractivity contribution >= 4 is 11.4 Å². The Morgan fingerprint density at radius 2 is 1.90 bits per heavy atom. The van der Waals surface area contributed by atoms with Crippen LogP contribution in [0.15, 0.2) is 36.5 Å². The molecule has 2 heterocycles. The van der Waals surface area contributed by atoms with Crippen molar-refractivity contribution in [3.8, 4) is 17.3 Å². The Kier molecular flexibility index (Phi) is 3.71. The minimum atomic E-state index is 0.627. The van der Waals surface area contributed by atoms with Crippen LogP contribution >= 0.6 is 0 Å². The van der Waals surface area contributed by atoms with Gasteiger partial charge in [0.15, 0.2) is 0 Å². The Labute approximate surface area is 123 Å². The summed E-state index contributed by atoms with van der Waals surface area (Å²) in [5, 5.41) is 8.83. The molecule has 0 amide bonds. The van der Waals surface area contributed by atoms with Crippen LogP contribution < -0.4 is 10.6 Å². The van der Waals surface area contributed by atoms with E-state index >= 15 is 0 Å². The highest BCUT2D eigenvalue weighted by molar-refractivity contribution is 5.75. The average molecular weight is 280 g/mol. The number of nitrogens with two attached hydrogens (primary N) is 1. The molecule has 1 aromatic carbocycles. The van der Waals surface area contributed by atoms with Gasteiger partial charge in [-0.15, -0.1) is 0 Å². The third-order valence-corrected chi connectivity index (χ3v) is 3.57. The van der Waals surface area contributed by atoms with E-state index in [4.69, 9.17) is 15.7 Å². The van der Waals surface area contributed by atoms with Gasteiger partial charge in [0.25, 0.3) is 0 Å². The Morgan fingerprint density at radius 3 is 2.52 bits per heavy atom. The first-order valence-electron chi connectivity index (χ1n) is 6.86. The van der Waals surface area contributed by atoms with Crippen molar-refractivity contribution in [3.05, 3.63) is 42.1 Å². The van der Waals surface area contributed by atoms with Gasteiger partial charge in [0.1, 0.15) is 0 Å². The predicted octanol–water partition coefficient (Wildman–Crippen LogP) is 2.04. The number of aromatic nitrogens is 1. The van der Waals surface area contributed by atoms with E-state index in [0.29, 0.717) is 11.3 Å². The lowest BCUT2D eigenvalue weighted by molar-refractivity contribution is 0.122. The van der Waals surface area contributed by atoms with E-state index in [9.17, 15) is 0 Å². The van der Waals surface area contributed by atoms with Gasteiger partial charge in [0, 0.05) is 18.7 Å². The monoisotopic (exact) mass is 280 g/mol. The maximum absolute atomic E-state index is 8.83. The summed E-state index contributed by atoms with van der Waals surface area (Å²) in [5.74, 6) is 0. The molecule has 0 bridgehead atoms. The third kappa shape index (κ3) is 2.81. The normalized spacial score (nSPS) is 14.7. The van der Waals surface area contributed by atoms with Crippen LogP contribution in [0.5, 0.6) is 0 Å². The number of nitrogens with zero attached hydrogens (tertiary/aromatic N) is 3. The number of pyridine rings is 1. The van der Waals surface area contributed by atoms with Gasteiger partial charge in [-0.25, -0.2) is 0 Å². The molecule has 2 N–H and O–H groups in total. The molecule has 0 spiro atoms. The summed E-state index contributed by atoms with van der Waals surface area (Å²) in [6.45, 7) is 3.18. The molecule has 0 unspecified atom stereocenters. The van der Waals surface area contributed by atoms with Gasteiger partial charge >= 0.3 is 0 Å². The van der Waals surface area contributed by atoms with Crippen LogP contribution in [-0.4, -0.2) is 31.3 Å². The minimum absolute atomic E-state index is 0.627. The third-order valence-electron chi connectivity index (χ3n) is 3.57. The summed E-state index contributed by atoms with van der Waals surface area (Å²) in [5.41, 5.74) is 10.1. The van der Waals surface area contributed by atoms with Crippen molar-refractivity contribution in [2.45, 2.75) is 0 Å². The fourth-order valence-corrected chi connectivity index (χ4v) is 2.41. The van der Waals surface area contributed by atoms with E-state index in [-0.39, 0.29) is 0 Å². The van der Waals surface area contributed by atoms with Crippen molar-refractivity contribution in [2.75, 3.05) is 36.9 Å². The molecule has 1 aliphatic heterocycles. The zero-order valence-corrected chi connectivity index (χ0v) is 11.6. The summed E-state index contributed by atoms with van der Waals surface area (Å²) in [7, 11) is 0. The Bertz CT molecular complexity index is 670. The van der Waals surface area contributed by atoms with Gasteiger partial charge in [-0.3, -0.25) is 4.98 Å². The minimum Gasteiger partial charge on any atom is -0.397 e. The van der Waals surface area contributed by atoms with E-state index < -0.39 is 0 Å². The van der Waals surface area contributed by atoms with Crippen LogP contribution in [0, 0.1) is 11.3 Å². The van der Waals surface area contributed by atoms with Crippen molar-refractivity contribution in [1.82, 2.24) is 4.98 Å². The SMILES string of the molecule is N#Cc1ccc(-c2ncc(N3CCOCC3)cc2N)cc1. The van der Waals surface area contributed by atoms with E-state index in [0.717, 1.165) is 43.2 Å². The molecule has 1 saturated heterocycles. The lowest BCUT2D eigenvalue weighted by atomic mass is 10.1. The fraction of sp³-hybridized carbons (Fsp3) is 0.250. The van der Waals surface area contributed by atoms with Crippen LogP contribution in [0.4, 0.5) is 11.4 Å². The van der Waals surface area contributed by atoms with Gasteiger partial charge in [0.05, 0.1) is 48.1 Å². The average Bonchev–Trinajstić information content (AvgIpc) is 2.56. The number of benzene rings is 1. The Morgan fingerprint density at radius 1 is 1.19 bits per heavy atom. The largest absolute Gasteiger partial charge is 0.397 e. The first kappa shape index (κ1) is 13.4. The number of hydrogen-bond donors (Lipinski definition) is 1. The van der Waals surface area contributed by atoms with E-state index in [1.54, 1.807) is 12.1 Å². The molecule has 1 aromatic heterocycles. The molecule has 1 aliphatic rings. The predicted molar refractivity (Wildman–Crippen MR) is 81.8 cm³/mol. The molecule has 2 aromatic rings. The summed E-state index contributed by atoms with van der Waals surface area (Å²) < 4.78 is 5.35. The van der Waals surface area contributed by atoms with E-state index in [2.05, 4.69) is 16.0 Å². The molecule has 0 radical (unpaired) electrons. The van der Waals surface area contributed by atoms with E-state index in [1.807, 2.05) is 24.4 Å². The van der Waals surface area contributed by atoms with Crippen molar-refractivity contribution in [2.24, 2.45) is 0 Å². The molecule has 106 valence electrons. The number of hydrogen-bond acceptors (Lipinski definition) is 5. The van der Waals surface area contributed by atoms with Crippen molar-refractivity contribution < 1.29 is 4.74 Å². The number of morpholine rings is 1. The standard InChI is InChI=1S/C16H16N4O/c17-10-12-1-3-13(4-2-12)16-15(18)9-14(11-19-16)20-5-7-21-8-6-20/h1-4,9,11H,5-8,18H2. The van der Waals surface area contributed by atoms with Gasteiger partial charge in [-0.05, 0) is 18.2 Å². The van der Waals surface area contributed by atoms with Crippen LogP contribution in [0.3, 0.4) is 0 Å². The second-order valence-electron chi connectivity index (χ2n) is 4.92. The van der Waals surface area contributed by atoms with E-state index in [1.165, 1.54) is 0 Å². The molecule has 5 nitrogen and oxygen atoms in total. The van der Waals surface area contributed by atoms with Crippen LogP contribution in [0.1, 0.15) is 5.56 Å². The quantitative estimate of drug-likeness (QED) is 0.911. The second-order valence-corrected chi connectivity index (χ2v) is 4.92. The lowest BCUT2D eigenvalue weighted by Crippen LogP contribution is -2.36. The molecule has 21 heavy (non-hydrogen) atoms. The summed E-state index contributed by atoms with van der Waals surface area (Å²) in [6.07, 6.45) is 1.84. The first-order valence-corrected chi connectivity index (χ1v) is 6.86. The van der Waals surface area contributed by atoms with Crippen LogP contribution in [-0.2, 0) is 4.74 Å². The molecule has 1 fully saturated rings. The topological polar surface area (TPSA) is 75.2 Å². The smallest absolute Gasteiger partial charge is 0.0991 e. The number of rotatable bonds is 2.